The fraction of sp³-hybridized carbons (Fsp3) is 0.333. The summed E-state index contributed by atoms with van der Waals surface area (Å²) in [5.41, 5.74) is 0.615. The molecule has 12 heavy (non-hydrogen) atoms. The van der Waals surface area contributed by atoms with Gasteiger partial charge in [0.2, 0.25) is 0 Å². The zero-order chi connectivity index (χ0) is 9.14. The molecule has 66 valence electrons. The Hall–Kier alpha value is -0.700. The van der Waals surface area contributed by atoms with Gasteiger partial charge in [-0.3, -0.25) is 0 Å². The maximum atomic E-state index is 13.3. The predicted molar refractivity (Wildman–Crippen MR) is 49.5 cm³/mol. The van der Waals surface area contributed by atoms with E-state index in [0.29, 0.717) is 11.3 Å². The summed E-state index contributed by atoms with van der Waals surface area (Å²) in [5.74, 6) is 0.0897. The minimum Gasteiger partial charge on any atom is -0.492 e. The maximum Gasteiger partial charge on any atom is 0.169 e. The Bertz CT molecular complexity index is 286. The molecule has 0 atom stereocenters. The summed E-state index contributed by atoms with van der Waals surface area (Å²) in [5, 5.41) is 0. The first kappa shape index (κ1) is 9.39. The zero-order valence-electron chi connectivity index (χ0n) is 7.35. The van der Waals surface area contributed by atoms with E-state index >= 15 is 0 Å². The highest BCUT2D eigenvalue weighted by molar-refractivity contribution is 7.98. The van der Waals surface area contributed by atoms with Crippen LogP contribution in [-0.4, -0.2) is 13.4 Å². The van der Waals surface area contributed by atoms with E-state index in [2.05, 4.69) is 0 Å². The number of thioether (sulfide) groups is 1. The van der Waals surface area contributed by atoms with Crippen molar-refractivity contribution in [2.45, 2.75) is 11.8 Å². The lowest BCUT2D eigenvalue weighted by Gasteiger charge is -2.08. The van der Waals surface area contributed by atoms with Gasteiger partial charge in [0, 0.05) is 0 Å². The van der Waals surface area contributed by atoms with Crippen molar-refractivity contribution < 1.29 is 9.13 Å². The van der Waals surface area contributed by atoms with Crippen molar-refractivity contribution in [1.29, 1.82) is 0 Å². The van der Waals surface area contributed by atoms with Crippen LogP contribution >= 0.6 is 11.8 Å². The number of benzene rings is 1. The Labute approximate surface area is 75.9 Å². The number of rotatable bonds is 2. The molecule has 0 aromatic heterocycles. The molecule has 1 nitrogen and oxygen atoms in total. The fourth-order valence-corrected chi connectivity index (χ4v) is 1.55. The first-order valence-electron chi connectivity index (χ1n) is 3.57. The van der Waals surface area contributed by atoms with Crippen molar-refractivity contribution in [2.24, 2.45) is 0 Å². The number of ether oxygens (including phenoxy) is 1. The van der Waals surface area contributed by atoms with Gasteiger partial charge in [0.25, 0.3) is 0 Å². The van der Waals surface area contributed by atoms with E-state index in [0.717, 1.165) is 4.90 Å². The Balaban J connectivity index is 3.25. The lowest BCUT2D eigenvalue weighted by Crippen LogP contribution is -1.92. The second kappa shape index (κ2) is 3.81. The van der Waals surface area contributed by atoms with E-state index in [1.165, 1.54) is 18.9 Å². The van der Waals surface area contributed by atoms with Crippen molar-refractivity contribution in [3.05, 3.63) is 23.5 Å². The molecule has 0 radical (unpaired) electrons. The zero-order valence-corrected chi connectivity index (χ0v) is 8.17. The van der Waals surface area contributed by atoms with Gasteiger partial charge in [0.05, 0.1) is 12.0 Å². The Morgan fingerprint density at radius 2 is 2.08 bits per heavy atom. The quantitative estimate of drug-likeness (QED) is 0.657. The van der Waals surface area contributed by atoms with E-state index in [1.54, 1.807) is 13.0 Å². The molecule has 0 aliphatic heterocycles. The van der Waals surface area contributed by atoms with Gasteiger partial charge < -0.3 is 4.74 Å². The highest BCUT2D eigenvalue weighted by atomic mass is 32.2. The molecule has 0 spiro atoms. The van der Waals surface area contributed by atoms with E-state index in [4.69, 9.17) is 4.74 Å². The molecule has 3 heteroatoms. The molecular weight excluding hydrogens is 175 g/mol. The van der Waals surface area contributed by atoms with E-state index in [1.807, 2.05) is 12.3 Å². The van der Waals surface area contributed by atoms with Gasteiger partial charge in [0.1, 0.15) is 0 Å². The molecule has 0 bridgehead atoms. The number of hydrogen-bond donors (Lipinski definition) is 0. The molecule has 0 fully saturated rings. The molecule has 1 rings (SSSR count). The summed E-state index contributed by atoms with van der Waals surface area (Å²) in [6.45, 7) is 1.72. The molecular formula is C9H11FOS. The molecule has 1 aromatic carbocycles. The van der Waals surface area contributed by atoms with Crippen molar-refractivity contribution in [3.63, 3.8) is 0 Å². The second-order valence-electron chi connectivity index (χ2n) is 2.43. The van der Waals surface area contributed by atoms with Crippen molar-refractivity contribution >= 4 is 11.8 Å². The van der Waals surface area contributed by atoms with Gasteiger partial charge in [-0.05, 0) is 24.8 Å². The first-order valence-corrected chi connectivity index (χ1v) is 4.80. The lowest BCUT2D eigenvalue weighted by atomic mass is 10.2. The second-order valence-corrected chi connectivity index (χ2v) is 3.28. The number of methoxy groups -OCH3 is 1. The summed E-state index contributed by atoms with van der Waals surface area (Å²) in [6.07, 6.45) is 1.90. The molecule has 0 heterocycles. The molecule has 1 aromatic rings. The van der Waals surface area contributed by atoms with Crippen LogP contribution in [0, 0.1) is 12.7 Å². The van der Waals surface area contributed by atoms with Crippen LogP contribution in [0.1, 0.15) is 5.56 Å². The third-order valence-corrected chi connectivity index (χ3v) is 2.44. The molecule has 0 unspecified atom stereocenters. The first-order chi connectivity index (χ1) is 5.70. The summed E-state index contributed by atoms with van der Waals surface area (Å²) >= 11 is 1.48. The van der Waals surface area contributed by atoms with Crippen molar-refractivity contribution in [3.8, 4) is 5.75 Å². The van der Waals surface area contributed by atoms with Gasteiger partial charge in [-0.25, -0.2) is 4.39 Å². The van der Waals surface area contributed by atoms with Crippen LogP contribution in [0.5, 0.6) is 5.75 Å². The number of halogens is 1. The van der Waals surface area contributed by atoms with Crippen LogP contribution in [0.2, 0.25) is 0 Å². The number of hydrogen-bond acceptors (Lipinski definition) is 2. The Morgan fingerprint density at radius 1 is 1.42 bits per heavy atom. The van der Waals surface area contributed by atoms with Gasteiger partial charge in [-0.1, -0.05) is 6.07 Å². The van der Waals surface area contributed by atoms with Gasteiger partial charge in [0.15, 0.2) is 11.6 Å². The molecule has 0 N–H and O–H groups in total. The molecule has 0 aliphatic carbocycles. The van der Waals surface area contributed by atoms with Crippen LogP contribution in [-0.2, 0) is 0 Å². The molecule has 0 saturated heterocycles. The highest BCUT2D eigenvalue weighted by Gasteiger charge is 2.10. The van der Waals surface area contributed by atoms with Crippen LogP contribution in [0.15, 0.2) is 17.0 Å². The largest absolute Gasteiger partial charge is 0.492 e. The van der Waals surface area contributed by atoms with Crippen LogP contribution in [0.4, 0.5) is 4.39 Å². The number of aryl methyl sites for hydroxylation is 1. The monoisotopic (exact) mass is 186 g/mol. The molecule has 0 aliphatic rings. The third-order valence-electron chi connectivity index (χ3n) is 1.68. The Morgan fingerprint density at radius 3 is 2.58 bits per heavy atom. The van der Waals surface area contributed by atoms with Gasteiger partial charge in [-0.15, -0.1) is 11.8 Å². The third kappa shape index (κ3) is 1.55. The summed E-state index contributed by atoms with van der Waals surface area (Å²) < 4.78 is 18.3. The highest BCUT2D eigenvalue weighted by Crippen LogP contribution is 2.31. The molecule has 0 amide bonds. The summed E-state index contributed by atoms with van der Waals surface area (Å²) in [7, 11) is 1.48. The van der Waals surface area contributed by atoms with E-state index in [-0.39, 0.29) is 5.82 Å². The van der Waals surface area contributed by atoms with Crippen molar-refractivity contribution in [2.75, 3.05) is 13.4 Å². The predicted octanol–water partition coefficient (Wildman–Crippen LogP) is 2.86. The topological polar surface area (TPSA) is 9.23 Å². The summed E-state index contributed by atoms with van der Waals surface area (Å²) in [6, 6.07) is 3.62. The average molecular weight is 186 g/mol. The minimum absolute atomic E-state index is 0.260. The van der Waals surface area contributed by atoms with Gasteiger partial charge >= 0.3 is 0 Å². The minimum atomic E-state index is -0.260. The maximum absolute atomic E-state index is 13.3. The standard InChI is InChI=1S/C9H11FOS/c1-6-4-5-7(12-3)9(11-2)8(6)10/h4-5H,1-3H3. The van der Waals surface area contributed by atoms with Crippen LogP contribution in [0.25, 0.3) is 0 Å². The van der Waals surface area contributed by atoms with Gasteiger partial charge in [-0.2, -0.15) is 0 Å². The molecule has 0 saturated carbocycles. The van der Waals surface area contributed by atoms with E-state index in [9.17, 15) is 4.39 Å². The summed E-state index contributed by atoms with van der Waals surface area (Å²) in [4.78, 5) is 0.834. The smallest absolute Gasteiger partial charge is 0.169 e. The van der Waals surface area contributed by atoms with Crippen LogP contribution < -0.4 is 4.74 Å². The van der Waals surface area contributed by atoms with Crippen molar-refractivity contribution in [1.82, 2.24) is 0 Å². The lowest BCUT2D eigenvalue weighted by molar-refractivity contribution is 0.375. The van der Waals surface area contributed by atoms with E-state index < -0.39 is 0 Å². The van der Waals surface area contributed by atoms with Crippen LogP contribution in [0.3, 0.4) is 0 Å². The Kier molecular flexibility index (Phi) is 2.98. The average Bonchev–Trinajstić information content (AvgIpc) is 2.09. The SMILES string of the molecule is COc1c(SC)ccc(C)c1F. The normalized spacial score (nSPS) is 10.0. The fourth-order valence-electron chi connectivity index (χ4n) is 0.988.